The van der Waals surface area contributed by atoms with Gasteiger partial charge in [-0.3, -0.25) is 9.58 Å². The fourth-order valence-electron chi connectivity index (χ4n) is 6.25. The zero-order chi connectivity index (χ0) is 30.8. The van der Waals surface area contributed by atoms with E-state index in [1.165, 1.54) is 0 Å². The summed E-state index contributed by atoms with van der Waals surface area (Å²) in [4.78, 5) is 23.9. The molecule has 0 radical (unpaired) electrons. The summed E-state index contributed by atoms with van der Waals surface area (Å²) in [5.74, 6) is 1.01. The summed E-state index contributed by atoms with van der Waals surface area (Å²) in [6.07, 6.45) is 5.18. The predicted octanol–water partition coefficient (Wildman–Crippen LogP) is 4.87. The molecule has 234 valence electrons. The van der Waals surface area contributed by atoms with Gasteiger partial charge in [0, 0.05) is 43.0 Å². The first kappa shape index (κ1) is 29.4. The van der Waals surface area contributed by atoms with E-state index in [1.807, 2.05) is 29.1 Å². The SMILES string of the molecule is COCCn1cc2ccc(COc3cccc(C4CCN(Cc5nc6ccc(C(=O)O)cc6n5CC5CCO5)CC4)n3)cc2n1. The van der Waals surface area contributed by atoms with Gasteiger partial charge in [0.25, 0.3) is 0 Å². The molecule has 1 unspecified atom stereocenters. The number of nitrogens with zero attached hydrogens (tertiary/aromatic N) is 6. The molecule has 5 aromatic rings. The Balaban J connectivity index is 0.976. The molecule has 2 aliphatic rings. The maximum absolute atomic E-state index is 11.6. The van der Waals surface area contributed by atoms with Gasteiger partial charge < -0.3 is 23.9 Å². The van der Waals surface area contributed by atoms with Gasteiger partial charge in [0.2, 0.25) is 5.88 Å². The highest BCUT2D eigenvalue weighted by atomic mass is 16.5. The van der Waals surface area contributed by atoms with Gasteiger partial charge in [0.05, 0.1) is 54.5 Å². The van der Waals surface area contributed by atoms with Gasteiger partial charge in [-0.25, -0.2) is 14.8 Å². The molecule has 45 heavy (non-hydrogen) atoms. The molecule has 11 nitrogen and oxygen atoms in total. The zero-order valence-electron chi connectivity index (χ0n) is 25.5. The molecule has 2 aromatic carbocycles. The highest BCUT2D eigenvalue weighted by Crippen LogP contribution is 2.30. The minimum Gasteiger partial charge on any atom is -0.478 e. The molecule has 11 heteroatoms. The molecule has 2 fully saturated rings. The normalized spacial score (nSPS) is 17.6. The van der Waals surface area contributed by atoms with Crippen molar-refractivity contribution >= 4 is 27.9 Å². The summed E-state index contributed by atoms with van der Waals surface area (Å²) in [6.45, 7) is 5.81. The first-order valence-electron chi connectivity index (χ1n) is 15.6. The van der Waals surface area contributed by atoms with E-state index in [1.54, 1.807) is 19.2 Å². The number of hydrogen-bond donors (Lipinski definition) is 1. The second kappa shape index (κ2) is 13.0. The number of imidazole rings is 1. The molecule has 1 N–H and O–H groups in total. The van der Waals surface area contributed by atoms with E-state index in [4.69, 9.17) is 24.2 Å². The lowest BCUT2D eigenvalue weighted by Gasteiger charge is -2.32. The van der Waals surface area contributed by atoms with Crippen LogP contribution in [0, 0.1) is 0 Å². The summed E-state index contributed by atoms with van der Waals surface area (Å²) in [7, 11) is 1.69. The molecule has 1 atom stereocenters. The number of piperidine rings is 1. The number of ether oxygens (including phenoxy) is 3. The van der Waals surface area contributed by atoms with Crippen molar-refractivity contribution in [2.24, 2.45) is 0 Å². The van der Waals surface area contributed by atoms with E-state index in [0.717, 1.165) is 84.5 Å². The van der Waals surface area contributed by atoms with Crippen LogP contribution in [0.3, 0.4) is 0 Å². The summed E-state index contributed by atoms with van der Waals surface area (Å²) >= 11 is 0. The van der Waals surface area contributed by atoms with Crippen LogP contribution in [0.2, 0.25) is 0 Å². The van der Waals surface area contributed by atoms with Gasteiger partial charge >= 0.3 is 5.97 Å². The third kappa shape index (κ3) is 6.56. The van der Waals surface area contributed by atoms with Crippen LogP contribution in [0.4, 0.5) is 0 Å². The van der Waals surface area contributed by atoms with Crippen molar-refractivity contribution in [1.29, 1.82) is 0 Å². The van der Waals surface area contributed by atoms with E-state index in [2.05, 4.69) is 38.8 Å². The molecular weight excluding hydrogens is 572 g/mol. The minimum atomic E-state index is -0.931. The molecule has 0 saturated carbocycles. The molecule has 0 bridgehead atoms. The molecule has 0 amide bonds. The second-order valence-corrected chi connectivity index (χ2v) is 11.9. The van der Waals surface area contributed by atoms with Gasteiger partial charge in [-0.05, 0) is 68.2 Å². The third-order valence-corrected chi connectivity index (χ3v) is 8.90. The molecule has 3 aromatic heterocycles. The Labute approximate surface area is 261 Å². The summed E-state index contributed by atoms with van der Waals surface area (Å²) in [5.41, 5.74) is 5.01. The van der Waals surface area contributed by atoms with Crippen molar-refractivity contribution in [3.63, 3.8) is 0 Å². The lowest BCUT2D eigenvalue weighted by Crippen LogP contribution is -2.35. The zero-order valence-corrected chi connectivity index (χ0v) is 25.5. The molecule has 7 rings (SSSR count). The van der Waals surface area contributed by atoms with E-state index >= 15 is 0 Å². The first-order valence-corrected chi connectivity index (χ1v) is 15.6. The fourth-order valence-corrected chi connectivity index (χ4v) is 6.25. The number of fused-ring (bicyclic) bond motifs is 2. The summed E-state index contributed by atoms with van der Waals surface area (Å²) in [6, 6.07) is 17.4. The van der Waals surface area contributed by atoms with Crippen LogP contribution < -0.4 is 4.74 Å². The van der Waals surface area contributed by atoms with Gasteiger partial charge in [-0.1, -0.05) is 18.2 Å². The van der Waals surface area contributed by atoms with Crippen molar-refractivity contribution in [3.8, 4) is 5.88 Å². The van der Waals surface area contributed by atoms with Crippen molar-refractivity contribution in [1.82, 2.24) is 29.2 Å². The van der Waals surface area contributed by atoms with Crippen molar-refractivity contribution in [2.75, 3.05) is 33.4 Å². The van der Waals surface area contributed by atoms with E-state index in [-0.39, 0.29) is 11.7 Å². The van der Waals surface area contributed by atoms with Crippen LogP contribution in [0.15, 0.2) is 60.8 Å². The highest BCUT2D eigenvalue weighted by molar-refractivity contribution is 5.92. The maximum atomic E-state index is 11.6. The van der Waals surface area contributed by atoms with Crippen LogP contribution in [-0.2, 0) is 35.7 Å². The number of rotatable bonds is 12. The number of carboxylic acids is 1. The smallest absolute Gasteiger partial charge is 0.335 e. The highest BCUT2D eigenvalue weighted by Gasteiger charge is 2.26. The minimum absolute atomic E-state index is 0.147. The number of carboxylic acid groups (broad SMARTS) is 1. The fraction of sp³-hybridized carbons (Fsp3) is 0.412. The number of methoxy groups -OCH3 is 1. The monoisotopic (exact) mass is 610 g/mol. The van der Waals surface area contributed by atoms with Crippen molar-refractivity contribution in [3.05, 3.63) is 83.4 Å². The molecular formula is C34H38N6O5. The number of aromatic carboxylic acids is 1. The maximum Gasteiger partial charge on any atom is 0.335 e. The van der Waals surface area contributed by atoms with Gasteiger partial charge in [0.1, 0.15) is 12.4 Å². The van der Waals surface area contributed by atoms with Gasteiger partial charge in [-0.15, -0.1) is 0 Å². The number of aromatic nitrogens is 5. The Morgan fingerprint density at radius 1 is 1.04 bits per heavy atom. The number of benzene rings is 2. The van der Waals surface area contributed by atoms with E-state index in [9.17, 15) is 9.90 Å². The molecule has 2 saturated heterocycles. The lowest BCUT2D eigenvalue weighted by molar-refractivity contribution is -0.0592. The Hall–Kier alpha value is -4.32. The Morgan fingerprint density at radius 2 is 1.91 bits per heavy atom. The topological polar surface area (TPSA) is 117 Å². The summed E-state index contributed by atoms with van der Waals surface area (Å²) < 4.78 is 21.1. The Kier molecular flexibility index (Phi) is 8.47. The number of hydrogen-bond acceptors (Lipinski definition) is 8. The van der Waals surface area contributed by atoms with Crippen molar-refractivity contribution in [2.45, 2.75) is 57.5 Å². The van der Waals surface area contributed by atoms with Crippen molar-refractivity contribution < 1.29 is 24.1 Å². The third-order valence-electron chi connectivity index (χ3n) is 8.90. The standard InChI is InChI=1S/C34H38N6O5/c1-43-16-14-39-19-26-6-5-23(17-30(26)37-39)22-45-33-4-2-3-28(36-33)24-9-12-38(13-10-24)21-32-35-29-8-7-25(34(41)42)18-31(29)40(32)20-27-11-15-44-27/h2-8,17-19,24,27H,9-16,20-22H2,1H3,(H,41,42). The van der Waals surface area contributed by atoms with E-state index in [0.29, 0.717) is 38.1 Å². The van der Waals surface area contributed by atoms with Crippen LogP contribution in [0.5, 0.6) is 5.88 Å². The van der Waals surface area contributed by atoms with E-state index < -0.39 is 5.97 Å². The number of pyridine rings is 1. The first-order chi connectivity index (χ1) is 22.0. The second-order valence-electron chi connectivity index (χ2n) is 11.9. The average molecular weight is 611 g/mol. The molecule has 0 spiro atoms. The lowest BCUT2D eigenvalue weighted by atomic mass is 9.93. The van der Waals surface area contributed by atoms with Gasteiger partial charge in [-0.2, -0.15) is 5.10 Å². The molecule has 2 aliphatic heterocycles. The quantitative estimate of drug-likeness (QED) is 0.211. The number of carbonyl (C=O) groups is 1. The Morgan fingerprint density at radius 3 is 2.69 bits per heavy atom. The largest absolute Gasteiger partial charge is 0.478 e. The Bertz CT molecular complexity index is 1800. The van der Waals surface area contributed by atoms with Crippen LogP contribution in [0.25, 0.3) is 21.9 Å². The van der Waals surface area contributed by atoms with Crippen LogP contribution >= 0.6 is 0 Å². The van der Waals surface area contributed by atoms with Crippen LogP contribution in [0.1, 0.15) is 52.6 Å². The summed E-state index contributed by atoms with van der Waals surface area (Å²) in [5, 5.41) is 15.3. The predicted molar refractivity (Wildman–Crippen MR) is 168 cm³/mol. The molecule has 0 aliphatic carbocycles. The number of likely N-dealkylation sites (tertiary alicyclic amines) is 1. The molecule has 5 heterocycles. The average Bonchev–Trinajstić information content (AvgIpc) is 3.60. The van der Waals surface area contributed by atoms with Crippen LogP contribution in [-0.4, -0.2) is 79.8 Å². The van der Waals surface area contributed by atoms with Gasteiger partial charge in [0.15, 0.2) is 0 Å².